The molecule has 2 amide bonds. The Kier molecular flexibility index (Phi) is 7.92. The number of primary amides is 1. The number of rotatable bonds is 9. The van der Waals surface area contributed by atoms with Gasteiger partial charge in [0, 0.05) is 11.5 Å². The molecule has 0 aliphatic carbocycles. The van der Waals surface area contributed by atoms with Gasteiger partial charge in [-0.25, -0.2) is 4.79 Å². The summed E-state index contributed by atoms with van der Waals surface area (Å²) in [6.45, 7) is 7.88. The van der Waals surface area contributed by atoms with Crippen molar-refractivity contribution >= 4 is 34.1 Å². The number of thiophene rings is 1. The highest BCUT2D eigenvalue weighted by molar-refractivity contribution is 7.18. The number of anilines is 1. The molecule has 0 unspecified atom stereocenters. The smallest absolute Gasteiger partial charge is 0.341 e. The second-order valence-corrected chi connectivity index (χ2v) is 8.03. The molecule has 0 bridgehead atoms. The van der Waals surface area contributed by atoms with E-state index in [1.54, 1.807) is 13.8 Å². The number of carbonyl (C=O) groups is 3. The van der Waals surface area contributed by atoms with E-state index in [4.69, 9.17) is 10.5 Å². The largest absolute Gasteiger partial charge is 0.462 e. The van der Waals surface area contributed by atoms with E-state index in [2.05, 4.69) is 19.2 Å². The van der Waals surface area contributed by atoms with Crippen molar-refractivity contribution in [2.24, 2.45) is 11.7 Å². The first-order chi connectivity index (χ1) is 13.8. The number of nitrogens with two attached hydrogens (primary N) is 2. The molecule has 2 rings (SSSR count). The van der Waals surface area contributed by atoms with Gasteiger partial charge in [-0.2, -0.15) is 0 Å². The van der Waals surface area contributed by atoms with Crippen molar-refractivity contribution in [3.05, 3.63) is 51.9 Å². The van der Waals surface area contributed by atoms with Crippen LogP contribution >= 0.6 is 11.3 Å². The number of quaternary nitrogens is 1. The summed E-state index contributed by atoms with van der Waals surface area (Å²) in [5.41, 5.74) is 7.15. The Bertz CT molecular complexity index is 878. The summed E-state index contributed by atoms with van der Waals surface area (Å²) in [5.74, 6) is -1.17. The van der Waals surface area contributed by atoms with Crippen LogP contribution in [0.25, 0.3) is 0 Å². The summed E-state index contributed by atoms with van der Waals surface area (Å²) in [4.78, 5) is 36.8. The van der Waals surface area contributed by atoms with Crippen molar-refractivity contribution in [3.8, 4) is 0 Å². The van der Waals surface area contributed by atoms with E-state index >= 15 is 0 Å². The summed E-state index contributed by atoms with van der Waals surface area (Å²) in [6.07, 6.45) is 0. The van der Waals surface area contributed by atoms with Gasteiger partial charge in [-0.3, -0.25) is 9.59 Å². The fraction of sp³-hybridized carbons (Fsp3) is 0.381. The zero-order chi connectivity index (χ0) is 21.6. The topological polar surface area (TPSA) is 115 Å². The van der Waals surface area contributed by atoms with Gasteiger partial charge in [0.1, 0.15) is 11.0 Å². The minimum Gasteiger partial charge on any atom is -0.462 e. The summed E-state index contributed by atoms with van der Waals surface area (Å²) < 4.78 is 5.07. The van der Waals surface area contributed by atoms with E-state index in [9.17, 15) is 14.4 Å². The van der Waals surface area contributed by atoms with Crippen LogP contribution in [0.4, 0.5) is 5.00 Å². The van der Waals surface area contributed by atoms with Crippen LogP contribution in [0.2, 0.25) is 0 Å². The fourth-order valence-electron chi connectivity index (χ4n) is 3.17. The van der Waals surface area contributed by atoms with Gasteiger partial charge in [0.2, 0.25) is 0 Å². The molecule has 0 fully saturated rings. The van der Waals surface area contributed by atoms with Crippen LogP contribution in [0.1, 0.15) is 58.0 Å². The fourth-order valence-corrected chi connectivity index (χ4v) is 4.23. The lowest BCUT2D eigenvalue weighted by atomic mass is 9.96. The molecule has 0 radical (unpaired) electrons. The number of ether oxygens (including phenoxy) is 1. The van der Waals surface area contributed by atoms with Crippen LogP contribution in [0.3, 0.4) is 0 Å². The second-order valence-electron chi connectivity index (χ2n) is 7.01. The second kappa shape index (κ2) is 10.2. The van der Waals surface area contributed by atoms with Crippen LogP contribution in [-0.4, -0.2) is 30.9 Å². The van der Waals surface area contributed by atoms with Crippen molar-refractivity contribution in [1.29, 1.82) is 0 Å². The molecule has 0 aliphatic rings. The molecular weight excluding hydrogens is 390 g/mol. The summed E-state index contributed by atoms with van der Waals surface area (Å²) >= 11 is 0.992. The molecule has 5 N–H and O–H groups in total. The molecule has 1 heterocycles. The molecule has 1 atom stereocenters. The normalized spacial score (nSPS) is 11.9. The van der Waals surface area contributed by atoms with Crippen LogP contribution < -0.4 is 16.4 Å². The predicted molar refractivity (Wildman–Crippen MR) is 113 cm³/mol. The lowest BCUT2D eigenvalue weighted by molar-refractivity contribution is -0.692. The minimum atomic E-state index is -0.644. The highest BCUT2D eigenvalue weighted by atomic mass is 32.1. The number of amides is 2. The zero-order valence-corrected chi connectivity index (χ0v) is 18.0. The number of carbonyl (C=O) groups excluding carboxylic acids is 3. The third-order valence-electron chi connectivity index (χ3n) is 4.56. The average Bonchev–Trinajstić information content (AvgIpc) is 2.99. The van der Waals surface area contributed by atoms with Crippen molar-refractivity contribution < 1.29 is 24.4 Å². The van der Waals surface area contributed by atoms with Crippen LogP contribution in [-0.2, 0) is 9.53 Å². The Morgan fingerprint density at radius 2 is 1.86 bits per heavy atom. The molecule has 7 nitrogen and oxygen atoms in total. The van der Waals surface area contributed by atoms with Gasteiger partial charge in [0.15, 0.2) is 6.54 Å². The first-order valence-electron chi connectivity index (χ1n) is 9.54. The van der Waals surface area contributed by atoms with Crippen LogP contribution in [0, 0.1) is 12.8 Å². The SMILES string of the molecule is CCOC(=O)c1c(NC(=O)C[NH2+][C@@H](c2ccccc2)C(C)C)sc(C(N)=O)c1C. The summed E-state index contributed by atoms with van der Waals surface area (Å²) in [5, 5.41) is 5.00. The molecule has 8 heteroatoms. The molecule has 0 saturated carbocycles. The molecule has 1 aromatic heterocycles. The molecule has 156 valence electrons. The number of benzene rings is 1. The average molecular weight is 419 g/mol. The maximum Gasteiger partial charge on any atom is 0.341 e. The van der Waals surface area contributed by atoms with E-state index in [1.165, 1.54) is 0 Å². The van der Waals surface area contributed by atoms with Crippen LogP contribution in [0.15, 0.2) is 30.3 Å². The number of hydrogen-bond donors (Lipinski definition) is 3. The van der Waals surface area contributed by atoms with Gasteiger partial charge in [-0.1, -0.05) is 44.2 Å². The maximum atomic E-state index is 12.6. The van der Waals surface area contributed by atoms with Crippen molar-refractivity contribution in [2.45, 2.75) is 33.7 Å². The Labute approximate surface area is 174 Å². The highest BCUT2D eigenvalue weighted by Gasteiger charge is 2.26. The Morgan fingerprint density at radius 3 is 2.41 bits per heavy atom. The summed E-state index contributed by atoms with van der Waals surface area (Å²) in [7, 11) is 0. The van der Waals surface area contributed by atoms with Gasteiger partial charge in [0.25, 0.3) is 11.8 Å². The highest BCUT2D eigenvalue weighted by Crippen LogP contribution is 2.33. The van der Waals surface area contributed by atoms with Gasteiger partial charge in [-0.15, -0.1) is 11.3 Å². The maximum absolute atomic E-state index is 12.6. The molecule has 0 saturated heterocycles. The monoisotopic (exact) mass is 418 g/mol. The Hall–Kier alpha value is -2.71. The van der Waals surface area contributed by atoms with E-state index < -0.39 is 11.9 Å². The first-order valence-corrected chi connectivity index (χ1v) is 10.4. The van der Waals surface area contributed by atoms with E-state index in [0.717, 1.165) is 16.9 Å². The quantitative estimate of drug-likeness (QED) is 0.542. The molecule has 1 aromatic carbocycles. The number of esters is 1. The molecule has 0 spiro atoms. The summed E-state index contributed by atoms with van der Waals surface area (Å²) in [6, 6.07) is 10.1. The third kappa shape index (κ3) is 5.65. The van der Waals surface area contributed by atoms with E-state index in [1.807, 2.05) is 35.6 Å². The Morgan fingerprint density at radius 1 is 1.21 bits per heavy atom. The molecular formula is C21H28N3O4S+. The third-order valence-corrected chi connectivity index (χ3v) is 5.78. The van der Waals surface area contributed by atoms with Gasteiger partial charge < -0.3 is 21.1 Å². The molecule has 2 aromatic rings. The standard InChI is InChI=1S/C21H27N3O4S/c1-5-28-21(27)16-13(4)18(19(22)26)29-20(16)24-15(25)11-23-17(12(2)3)14-9-7-6-8-10-14/h6-10,12,17,23H,5,11H2,1-4H3,(H2,22,26)(H,24,25)/p+1/t17-/m1/s1. The predicted octanol–water partition coefficient (Wildman–Crippen LogP) is 2.23. The van der Waals surface area contributed by atoms with Crippen molar-refractivity contribution in [2.75, 3.05) is 18.5 Å². The van der Waals surface area contributed by atoms with Crippen molar-refractivity contribution in [3.63, 3.8) is 0 Å². The van der Waals surface area contributed by atoms with Gasteiger partial charge in [-0.05, 0) is 19.4 Å². The lowest BCUT2D eigenvalue weighted by Gasteiger charge is -2.19. The number of hydrogen-bond acceptors (Lipinski definition) is 5. The van der Waals surface area contributed by atoms with E-state index in [0.29, 0.717) is 11.5 Å². The Balaban J connectivity index is 2.16. The van der Waals surface area contributed by atoms with E-state index in [-0.39, 0.29) is 40.5 Å². The molecule has 29 heavy (non-hydrogen) atoms. The molecule has 0 aliphatic heterocycles. The minimum absolute atomic E-state index is 0.123. The number of nitrogens with one attached hydrogen (secondary N) is 1. The lowest BCUT2D eigenvalue weighted by Crippen LogP contribution is -2.88. The van der Waals surface area contributed by atoms with Gasteiger partial charge >= 0.3 is 5.97 Å². The van der Waals surface area contributed by atoms with Gasteiger partial charge in [0.05, 0.1) is 17.0 Å². The zero-order valence-electron chi connectivity index (χ0n) is 17.2. The first kappa shape index (κ1) is 22.6. The van der Waals surface area contributed by atoms with Crippen LogP contribution in [0.5, 0.6) is 0 Å². The van der Waals surface area contributed by atoms with Crippen molar-refractivity contribution in [1.82, 2.24) is 0 Å².